The maximum absolute atomic E-state index is 11.7. The molecule has 2 N–H and O–H groups in total. The Morgan fingerprint density at radius 2 is 2.16 bits per heavy atom. The van der Waals surface area contributed by atoms with Crippen LogP contribution in [0.15, 0.2) is 18.2 Å². The molecule has 0 aliphatic rings. The van der Waals surface area contributed by atoms with Gasteiger partial charge in [-0.3, -0.25) is 4.79 Å². The Labute approximate surface area is 123 Å². The van der Waals surface area contributed by atoms with Crippen LogP contribution in [-0.2, 0) is 9.53 Å². The molecular formula is C13H18Cl2N2O2. The highest BCUT2D eigenvalue weighted by molar-refractivity contribution is 6.35. The number of halogens is 2. The summed E-state index contributed by atoms with van der Waals surface area (Å²) < 4.78 is 4.88. The predicted molar refractivity (Wildman–Crippen MR) is 77.8 cm³/mol. The van der Waals surface area contributed by atoms with Crippen LogP contribution in [0.2, 0.25) is 10.0 Å². The molecule has 1 aromatic carbocycles. The van der Waals surface area contributed by atoms with Gasteiger partial charge in [-0.25, -0.2) is 0 Å². The molecule has 0 heterocycles. The standard InChI is InChI=1S/C13H18Cl2N2O2/c1-9(11-4-3-10(14)7-12(11)15)17-13(18)8-16-5-6-19-2/h3-4,7,9,16H,5-6,8H2,1-2H3,(H,17,18)/t9-/m0/s1. The minimum absolute atomic E-state index is 0.0883. The number of amides is 1. The Bertz CT molecular complexity index is 427. The summed E-state index contributed by atoms with van der Waals surface area (Å²) >= 11 is 11.9. The zero-order valence-electron chi connectivity index (χ0n) is 11.0. The van der Waals surface area contributed by atoms with E-state index in [0.29, 0.717) is 23.2 Å². The lowest BCUT2D eigenvalue weighted by molar-refractivity contribution is -0.120. The van der Waals surface area contributed by atoms with Crippen molar-refractivity contribution < 1.29 is 9.53 Å². The van der Waals surface area contributed by atoms with Gasteiger partial charge in [-0.2, -0.15) is 0 Å². The van der Waals surface area contributed by atoms with Gasteiger partial charge in [-0.05, 0) is 24.6 Å². The Balaban J connectivity index is 2.45. The largest absolute Gasteiger partial charge is 0.383 e. The number of rotatable bonds is 7. The molecule has 0 radical (unpaired) electrons. The van der Waals surface area contributed by atoms with Crippen LogP contribution in [0.1, 0.15) is 18.5 Å². The maximum Gasteiger partial charge on any atom is 0.234 e. The van der Waals surface area contributed by atoms with Gasteiger partial charge >= 0.3 is 0 Å². The van der Waals surface area contributed by atoms with E-state index in [9.17, 15) is 4.79 Å². The van der Waals surface area contributed by atoms with E-state index < -0.39 is 0 Å². The van der Waals surface area contributed by atoms with Crippen LogP contribution in [0.4, 0.5) is 0 Å². The monoisotopic (exact) mass is 304 g/mol. The molecule has 0 spiro atoms. The molecule has 6 heteroatoms. The van der Waals surface area contributed by atoms with Gasteiger partial charge in [-0.1, -0.05) is 29.3 Å². The van der Waals surface area contributed by atoms with Crippen molar-refractivity contribution in [3.63, 3.8) is 0 Å². The van der Waals surface area contributed by atoms with Crippen molar-refractivity contribution in [1.82, 2.24) is 10.6 Å². The number of hydrogen-bond donors (Lipinski definition) is 2. The average molecular weight is 305 g/mol. The topological polar surface area (TPSA) is 50.4 Å². The Kier molecular flexibility index (Phi) is 7.16. The van der Waals surface area contributed by atoms with Crippen LogP contribution < -0.4 is 10.6 Å². The lowest BCUT2D eigenvalue weighted by atomic mass is 10.1. The number of carbonyl (C=O) groups is 1. The van der Waals surface area contributed by atoms with Crippen molar-refractivity contribution in [1.29, 1.82) is 0 Å². The highest BCUT2D eigenvalue weighted by Crippen LogP contribution is 2.25. The first-order valence-corrected chi connectivity index (χ1v) is 6.74. The smallest absolute Gasteiger partial charge is 0.234 e. The summed E-state index contributed by atoms with van der Waals surface area (Å²) in [5.41, 5.74) is 0.844. The molecule has 1 amide bonds. The highest BCUT2D eigenvalue weighted by Gasteiger charge is 2.12. The van der Waals surface area contributed by atoms with Gasteiger partial charge < -0.3 is 15.4 Å². The SMILES string of the molecule is COCCNCC(=O)N[C@@H](C)c1ccc(Cl)cc1Cl. The van der Waals surface area contributed by atoms with Gasteiger partial charge in [0.05, 0.1) is 19.2 Å². The molecule has 0 fully saturated rings. The Morgan fingerprint density at radius 1 is 1.42 bits per heavy atom. The van der Waals surface area contributed by atoms with E-state index in [2.05, 4.69) is 10.6 Å². The minimum atomic E-state index is -0.165. The minimum Gasteiger partial charge on any atom is -0.383 e. The molecule has 1 atom stereocenters. The van der Waals surface area contributed by atoms with E-state index in [1.165, 1.54) is 0 Å². The number of benzene rings is 1. The lowest BCUT2D eigenvalue weighted by Gasteiger charge is -2.16. The van der Waals surface area contributed by atoms with Crippen molar-refractivity contribution in [2.75, 3.05) is 26.8 Å². The second kappa shape index (κ2) is 8.38. The normalized spacial score (nSPS) is 12.2. The molecule has 19 heavy (non-hydrogen) atoms. The van der Waals surface area contributed by atoms with Gasteiger partial charge in [0.1, 0.15) is 0 Å². The predicted octanol–water partition coefficient (Wildman–Crippen LogP) is 2.41. The van der Waals surface area contributed by atoms with Gasteiger partial charge in [-0.15, -0.1) is 0 Å². The van der Waals surface area contributed by atoms with Crippen LogP contribution in [-0.4, -0.2) is 32.7 Å². The number of methoxy groups -OCH3 is 1. The van der Waals surface area contributed by atoms with Crippen molar-refractivity contribution in [3.05, 3.63) is 33.8 Å². The van der Waals surface area contributed by atoms with Gasteiger partial charge in [0.15, 0.2) is 0 Å². The van der Waals surface area contributed by atoms with Gasteiger partial charge in [0.25, 0.3) is 0 Å². The Hall–Kier alpha value is -0.810. The van der Waals surface area contributed by atoms with Crippen LogP contribution in [0.25, 0.3) is 0 Å². The second-order valence-corrected chi connectivity index (χ2v) is 4.97. The fourth-order valence-electron chi connectivity index (χ4n) is 1.60. The van der Waals surface area contributed by atoms with Crippen molar-refractivity contribution >= 4 is 29.1 Å². The van der Waals surface area contributed by atoms with E-state index in [1.807, 2.05) is 13.0 Å². The van der Waals surface area contributed by atoms with E-state index >= 15 is 0 Å². The van der Waals surface area contributed by atoms with Crippen LogP contribution in [0, 0.1) is 0 Å². The molecule has 1 aromatic rings. The summed E-state index contributed by atoms with van der Waals surface area (Å²) in [4.78, 5) is 11.7. The third-order valence-corrected chi connectivity index (χ3v) is 3.14. The molecule has 0 bridgehead atoms. The molecule has 0 unspecified atom stereocenters. The first-order chi connectivity index (χ1) is 9.04. The summed E-state index contributed by atoms with van der Waals surface area (Å²) in [6.45, 7) is 3.34. The molecule has 0 aliphatic carbocycles. The first kappa shape index (κ1) is 16.2. The molecule has 106 valence electrons. The average Bonchev–Trinajstić information content (AvgIpc) is 2.34. The quantitative estimate of drug-likeness (QED) is 0.761. The molecule has 0 saturated carbocycles. The van der Waals surface area contributed by atoms with Gasteiger partial charge in [0, 0.05) is 23.7 Å². The summed E-state index contributed by atoms with van der Waals surface area (Å²) in [7, 11) is 1.62. The van der Waals surface area contributed by atoms with E-state index in [1.54, 1.807) is 19.2 Å². The Morgan fingerprint density at radius 3 is 2.79 bits per heavy atom. The number of hydrogen-bond acceptors (Lipinski definition) is 3. The molecule has 0 aromatic heterocycles. The fourth-order valence-corrected chi connectivity index (χ4v) is 2.17. The number of ether oxygens (including phenoxy) is 1. The van der Waals surface area contributed by atoms with Crippen molar-refractivity contribution in [2.24, 2.45) is 0 Å². The lowest BCUT2D eigenvalue weighted by Crippen LogP contribution is -2.36. The molecule has 0 aliphatic heterocycles. The van der Waals surface area contributed by atoms with E-state index in [0.717, 1.165) is 5.56 Å². The zero-order valence-corrected chi connectivity index (χ0v) is 12.5. The van der Waals surface area contributed by atoms with Crippen LogP contribution in [0.3, 0.4) is 0 Å². The second-order valence-electron chi connectivity index (χ2n) is 4.12. The van der Waals surface area contributed by atoms with E-state index in [4.69, 9.17) is 27.9 Å². The third-order valence-electron chi connectivity index (χ3n) is 2.58. The fraction of sp³-hybridized carbons (Fsp3) is 0.462. The van der Waals surface area contributed by atoms with Crippen molar-refractivity contribution in [3.8, 4) is 0 Å². The van der Waals surface area contributed by atoms with Crippen molar-refractivity contribution in [2.45, 2.75) is 13.0 Å². The molecule has 4 nitrogen and oxygen atoms in total. The zero-order chi connectivity index (χ0) is 14.3. The van der Waals surface area contributed by atoms with Crippen LogP contribution >= 0.6 is 23.2 Å². The first-order valence-electron chi connectivity index (χ1n) is 5.98. The van der Waals surface area contributed by atoms with Crippen LogP contribution in [0.5, 0.6) is 0 Å². The maximum atomic E-state index is 11.7. The molecular weight excluding hydrogens is 287 g/mol. The summed E-state index contributed by atoms with van der Waals surface area (Å²) in [6, 6.07) is 5.07. The molecule has 0 saturated heterocycles. The molecule has 1 rings (SSSR count). The number of nitrogens with one attached hydrogen (secondary N) is 2. The number of carbonyl (C=O) groups excluding carboxylic acids is 1. The summed E-state index contributed by atoms with van der Waals surface area (Å²) in [6.07, 6.45) is 0. The highest BCUT2D eigenvalue weighted by atomic mass is 35.5. The third kappa shape index (κ3) is 5.78. The van der Waals surface area contributed by atoms with E-state index in [-0.39, 0.29) is 18.5 Å². The summed E-state index contributed by atoms with van der Waals surface area (Å²) in [5.74, 6) is -0.0883. The van der Waals surface area contributed by atoms with Gasteiger partial charge in [0.2, 0.25) is 5.91 Å². The summed E-state index contributed by atoms with van der Waals surface area (Å²) in [5, 5.41) is 6.97.